The summed E-state index contributed by atoms with van der Waals surface area (Å²) in [6.45, 7) is 6.59. The molecule has 0 saturated carbocycles. The van der Waals surface area contributed by atoms with Crippen LogP contribution in [0.2, 0.25) is 0 Å². The number of carbonyl (C=O) groups excluding carboxylic acids is 2. The molecule has 0 saturated heterocycles. The Labute approximate surface area is 193 Å². The Kier molecular flexibility index (Phi) is 7.20. The van der Waals surface area contributed by atoms with Crippen molar-refractivity contribution in [3.8, 4) is 23.0 Å². The van der Waals surface area contributed by atoms with E-state index in [2.05, 4.69) is 10.6 Å². The molecule has 9 nitrogen and oxygen atoms in total. The number of anilines is 3. The number of urea groups is 1. The van der Waals surface area contributed by atoms with Gasteiger partial charge in [0, 0.05) is 24.4 Å². The third-order valence-electron chi connectivity index (χ3n) is 5.29. The van der Waals surface area contributed by atoms with Gasteiger partial charge in [-0.3, -0.25) is 4.79 Å². The minimum absolute atomic E-state index is 0.0119. The van der Waals surface area contributed by atoms with Crippen LogP contribution in [0.25, 0.3) is 0 Å². The molecule has 0 atom stereocenters. The predicted octanol–water partition coefficient (Wildman–Crippen LogP) is 4.52. The van der Waals surface area contributed by atoms with Gasteiger partial charge in [0.05, 0.1) is 38.1 Å². The number of benzene rings is 2. The monoisotopic (exact) mass is 457 g/mol. The number of nitrogens with one attached hydrogen (secondary N) is 2. The minimum atomic E-state index is -0.647. The van der Waals surface area contributed by atoms with Gasteiger partial charge in [0.25, 0.3) is 0 Å². The van der Waals surface area contributed by atoms with Crippen LogP contribution >= 0.6 is 0 Å². The first-order valence-electron chi connectivity index (χ1n) is 10.7. The Balaban J connectivity index is 1.83. The summed E-state index contributed by atoms with van der Waals surface area (Å²) in [6.07, 6.45) is 0.792. The lowest BCUT2D eigenvalue weighted by atomic mass is 9.93. The van der Waals surface area contributed by atoms with E-state index in [0.29, 0.717) is 46.6 Å². The van der Waals surface area contributed by atoms with Gasteiger partial charge in [-0.05, 0) is 38.5 Å². The number of hydrogen-bond donors (Lipinski definition) is 2. The lowest BCUT2D eigenvalue weighted by Gasteiger charge is -2.27. The minimum Gasteiger partial charge on any atom is -0.493 e. The quantitative estimate of drug-likeness (QED) is 0.634. The standard InChI is InChI=1S/C24H31N3O6/c1-7-10-27-17-11-15(8-9-18(17)33-14-24(2,3)22(27)28)25-23(29)26-16-12-19(30-4)21(32-6)20(13-16)31-5/h8-9,11-13H,7,10,14H2,1-6H3,(H2,25,26,29). The molecule has 3 amide bonds. The van der Waals surface area contributed by atoms with Crippen LogP contribution in [0.1, 0.15) is 27.2 Å². The van der Waals surface area contributed by atoms with E-state index in [9.17, 15) is 9.59 Å². The van der Waals surface area contributed by atoms with Crippen molar-refractivity contribution in [2.75, 3.05) is 50.0 Å². The summed E-state index contributed by atoms with van der Waals surface area (Å²) in [4.78, 5) is 27.5. The van der Waals surface area contributed by atoms with Gasteiger partial charge in [-0.15, -0.1) is 0 Å². The van der Waals surface area contributed by atoms with Gasteiger partial charge in [-0.25, -0.2) is 4.79 Å². The first-order chi connectivity index (χ1) is 15.7. The van der Waals surface area contributed by atoms with Gasteiger partial charge < -0.3 is 34.5 Å². The zero-order valence-corrected chi connectivity index (χ0v) is 19.9. The molecular weight excluding hydrogens is 426 g/mol. The van der Waals surface area contributed by atoms with Crippen molar-refractivity contribution >= 4 is 29.0 Å². The molecule has 2 aromatic rings. The Morgan fingerprint density at radius 2 is 1.67 bits per heavy atom. The zero-order chi connectivity index (χ0) is 24.2. The number of methoxy groups -OCH3 is 3. The highest BCUT2D eigenvalue weighted by Gasteiger charge is 2.37. The van der Waals surface area contributed by atoms with Crippen LogP contribution in [0.15, 0.2) is 30.3 Å². The maximum absolute atomic E-state index is 13.1. The average Bonchev–Trinajstić information content (AvgIpc) is 2.88. The largest absolute Gasteiger partial charge is 0.493 e. The molecule has 0 aliphatic carbocycles. The molecule has 0 spiro atoms. The SMILES string of the molecule is CCCN1C(=O)C(C)(C)COc2ccc(NC(=O)Nc3cc(OC)c(OC)c(OC)c3)cc21. The van der Waals surface area contributed by atoms with Gasteiger partial charge >= 0.3 is 6.03 Å². The summed E-state index contributed by atoms with van der Waals surface area (Å²) in [7, 11) is 4.52. The van der Waals surface area contributed by atoms with E-state index < -0.39 is 11.4 Å². The van der Waals surface area contributed by atoms with Crippen molar-refractivity contribution in [1.82, 2.24) is 0 Å². The van der Waals surface area contributed by atoms with Gasteiger partial charge in [0.15, 0.2) is 11.5 Å². The number of fused-ring (bicyclic) bond motifs is 1. The maximum atomic E-state index is 13.1. The highest BCUT2D eigenvalue weighted by molar-refractivity contribution is 6.03. The van der Waals surface area contributed by atoms with Crippen LogP contribution in [-0.2, 0) is 4.79 Å². The first-order valence-corrected chi connectivity index (χ1v) is 10.7. The maximum Gasteiger partial charge on any atom is 0.323 e. The van der Waals surface area contributed by atoms with Crippen molar-refractivity contribution in [1.29, 1.82) is 0 Å². The third-order valence-corrected chi connectivity index (χ3v) is 5.29. The number of rotatable bonds is 7. The summed E-state index contributed by atoms with van der Waals surface area (Å²) in [5, 5.41) is 5.57. The highest BCUT2D eigenvalue weighted by atomic mass is 16.5. The van der Waals surface area contributed by atoms with Gasteiger partial charge in [0.1, 0.15) is 12.4 Å². The van der Waals surface area contributed by atoms with Crippen LogP contribution in [0.4, 0.5) is 21.9 Å². The van der Waals surface area contributed by atoms with Crippen LogP contribution in [0, 0.1) is 5.41 Å². The summed E-state index contributed by atoms with van der Waals surface area (Å²) < 4.78 is 21.9. The van der Waals surface area contributed by atoms with E-state index in [1.54, 1.807) is 35.2 Å². The normalized spacial score (nSPS) is 14.5. The van der Waals surface area contributed by atoms with Crippen molar-refractivity contribution in [2.24, 2.45) is 5.41 Å². The Bertz CT molecular complexity index is 1010. The topological polar surface area (TPSA) is 98.4 Å². The molecule has 0 radical (unpaired) electrons. The molecule has 9 heteroatoms. The van der Waals surface area contributed by atoms with Gasteiger partial charge in [0.2, 0.25) is 11.7 Å². The molecule has 178 valence electrons. The summed E-state index contributed by atoms with van der Waals surface area (Å²) in [5.41, 5.74) is 0.976. The fraction of sp³-hybridized carbons (Fsp3) is 0.417. The first kappa shape index (κ1) is 24.0. The van der Waals surface area contributed by atoms with Crippen LogP contribution < -0.4 is 34.5 Å². The fourth-order valence-electron chi connectivity index (χ4n) is 3.62. The lowest BCUT2D eigenvalue weighted by Crippen LogP contribution is -2.42. The number of hydrogen-bond acceptors (Lipinski definition) is 6. The van der Waals surface area contributed by atoms with E-state index in [4.69, 9.17) is 18.9 Å². The number of ether oxygens (including phenoxy) is 4. The van der Waals surface area contributed by atoms with Crippen LogP contribution in [0.5, 0.6) is 23.0 Å². The van der Waals surface area contributed by atoms with E-state index in [1.165, 1.54) is 21.3 Å². The lowest BCUT2D eigenvalue weighted by molar-refractivity contribution is -0.127. The van der Waals surface area contributed by atoms with Crippen molar-refractivity contribution in [3.05, 3.63) is 30.3 Å². The summed E-state index contributed by atoms with van der Waals surface area (Å²) in [6, 6.07) is 8.05. The Morgan fingerprint density at radius 1 is 1.03 bits per heavy atom. The molecule has 1 heterocycles. The van der Waals surface area contributed by atoms with E-state index in [1.807, 2.05) is 20.8 Å². The van der Waals surface area contributed by atoms with Gasteiger partial charge in [-0.1, -0.05) is 6.92 Å². The molecule has 0 unspecified atom stereocenters. The average molecular weight is 458 g/mol. The molecule has 3 rings (SSSR count). The van der Waals surface area contributed by atoms with Crippen molar-refractivity contribution in [3.63, 3.8) is 0 Å². The second kappa shape index (κ2) is 9.89. The Morgan fingerprint density at radius 3 is 2.24 bits per heavy atom. The molecule has 1 aliphatic heterocycles. The molecule has 2 aromatic carbocycles. The number of carbonyl (C=O) groups is 2. The molecular formula is C24H31N3O6. The molecule has 0 fully saturated rings. The summed E-state index contributed by atoms with van der Waals surface area (Å²) in [5.74, 6) is 1.87. The smallest absolute Gasteiger partial charge is 0.323 e. The molecule has 33 heavy (non-hydrogen) atoms. The molecule has 0 bridgehead atoms. The predicted molar refractivity (Wildman–Crippen MR) is 127 cm³/mol. The van der Waals surface area contributed by atoms with Crippen LogP contribution in [0.3, 0.4) is 0 Å². The number of amides is 3. The van der Waals surface area contributed by atoms with Gasteiger partial charge in [-0.2, -0.15) is 0 Å². The zero-order valence-electron chi connectivity index (χ0n) is 19.9. The Hall–Kier alpha value is -3.62. The second-order valence-corrected chi connectivity index (χ2v) is 8.30. The second-order valence-electron chi connectivity index (χ2n) is 8.30. The van der Waals surface area contributed by atoms with Crippen LogP contribution in [-0.4, -0.2) is 46.4 Å². The van der Waals surface area contributed by atoms with Crippen molar-refractivity contribution in [2.45, 2.75) is 27.2 Å². The van der Waals surface area contributed by atoms with Crippen molar-refractivity contribution < 1.29 is 28.5 Å². The summed E-state index contributed by atoms with van der Waals surface area (Å²) >= 11 is 0. The third kappa shape index (κ3) is 5.08. The van der Waals surface area contributed by atoms with E-state index >= 15 is 0 Å². The number of nitrogens with zero attached hydrogens (tertiary/aromatic N) is 1. The van der Waals surface area contributed by atoms with E-state index in [0.717, 1.165) is 6.42 Å². The van der Waals surface area contributed by atoms with E-state index in [-0.39, 0.29) is 12.5 Å². The highest BCUT2D eigenvalue weighted by Crippen LogP contribution is 2.40. The molecule has 2 N–H and O–H groups in total. The molecule has 0 aromatic heterocycles. The molecule has 1 aliphatic rings. The fourth-order valence-corrected chi connectivity index (χ4v) is 3.62.